The summed E-state index contributed by atoms with van der Waals surface area (Å²) in [6.45, 7) is 1.75. The normalized spacial score (nSPS) is 15.6. The van der Waals surface area contributed by atoms with Crippen LogP contribution in [0.2, 0.25) is 0 Å². The van der Waals surface area contributed by atoms with Gasteiger partial charge in [-0.1, -0.05) is 18.2 Å². The molecule has 1 aromatic rings. The van der Waals surface area contributed by atoms with Crippen LogP contribution in [0.1, 0.15) is 5.56 Å². The zero-order valence-corrected chi connectivity index (χ0v) is 7.23. The van der Waals surface area contributed by atoms with Crippen molar-refractivity contribution in [1.29, 1.82) is 5.26 Å². The van der Waals surface area contributed by atoms with Gasteiger partial charge in [-0.25, -0.2) is 0 Å². The molecule has 0 saturated heterocycles. The minimum absolute atomic E-state index is 0.425. The van der Waals surface area contributed by atoms with E-state index in [4.69, 9.17) is 10.00 Å². The molecule has 3 nitrogen and oxygen atoms in total. The van der Waals surface area contributed by atoms with E-state index in [-0.39, 0.29) is 0 Å². The van der Waals surface area contributed by atoms with Gasteiger partial charge in [0.1, 0.15) is 12.5 Å². The van der Waals surface area contributed by atoms with Gasteiger partial charge in [-0.2, -0.15) is 5.26 Å². The Balaban J connectivity index is 2.16. The molecule has 66 valence electrons. The van der Waals surface area contributed by atoms with Gasteiger partial charge in [-0.3, -0.25) is 4.90 Å². The van der Waals surface area contributed by atoms with Crippen LogP contribution in [0, 0.1) is 11.3 Å². The van der Waals surface area contributed by atoms with Gasteiger partial charge in [-0.05, 0) is 6.07 Å². The smallest absolute Gasteiger partial charge is 0.143 e. The Bertz CT molecular complexity index is 343. The van der Waals surface area contributed by atoms with Crippen molar-refractivity contribution in [1.82, 2.24) is 4.90 Å². The Hall–Kier alpha value is -1.53. The van der Waals surface area contributed by atoms with Gasteiger partial charge in [0.05, 0.1) is 12.6 Å². The van der Waals surface area contributed by atoms with Crippen molar-refractivity contribution in [2.75, 3.05) is 13.3 Å². The molecule has 0 radical (unpaired) electrons. The zero-order chi connectivity index (χ0) is 9.10. The van der Waals surface area contributed by atoms with E-state index in [0.29, 0.717) is 13.3 Å². The quantitative estimate of drug-likeness (QED) is 0.603. The SMILES string of the molecule is N#CCN1COc2ccccc2C1. The minimum Gasteiger partial charge on any atom is -0.478 e. The highest BCUT2D eigenvalue weighted by Crippen LogP contribution is 2.23. The molecule has 0 atom stereocenters. The first-order chi connectivity index (χ1) is 6.40. The van der Waals surface area contributed by atoms with Gasteiger partial charge in [0.2, 0.25) is 0 Å². The van der Waals surface area contributed by atoms with Crippen molar-refractivity contribution in [2.45, 2.75) is 6.54 Å². The molecule has 1 heterocycles. The molecule has 0 bridgehead atoms. The predicted octanol–water partition coefficient (Wildman–Crippen LogP) is 1.36. The summed E-state index contributed by atoms with van der Waals surface area (Å²) in [5, 5.41) is 8.52. The van der Waals surface area contributed by atoms with E-state index < -0.39 is 0 Å². The van der Waals surface area contributed by atoms with Gasteiger partial charge >= 0.3 is 0 Å². The summed E-state index contributed by atoms with van der Waals surface area (Å²) in [5.41, 5.74) is 1.16. The predicted molar refractivity (Wildman–Crippen MR) is 48.0 cm³/mol. The topological polar surface area (TPSA) is 36.3 Å². The second-order valence-corrected chi connectivity index (χ2v) is 3.03. The summed E-state index contributed by atoms with van der Waals surface area (Å²) >= 11 is 0. The Labute approximate surface area is 77.2 Å². The number of ether oxygens (including phenoxy) is 1. The van der Waals surface area contributed by atoms with E-state index in [2.05, 4.69) is 6.07 Å². The fourth-order valence-electron chi connectivity index (χ4n) is 1.42. The highest BCUT2D eigenvalue weighted by molar-refractivity contribution is 5.34. The summed E-state index contributed by atoms with van der Waals surface area (Å²) in [6.07, 6.45) is 0. The lowest BCUT2D eigenvalue weighted by Gasteiger charge is -2.26. The molecule has 13 heavy (non-hydrogen) atoms. The monoisotopic (exact) mass is 174 g/mol. The number of fused-ring (bicyclic) bond motifs is 1. The summed E-state index contributed by atoms with van der Waals surface area (Å²) < 4.78 is 5.46. The van der Waals surface area contributed by atoms with Crippen LogP contribution < -0.4 is 4.74 Å². The first kappa shape index (κ1) is 8.09. The summed E-state index contributed by atoms with van der Waals surface area (Å²) in [4.78, 5) is 1.96. The minimum atomic E-state index is 0.425. The molecule has 1 aliphatic heterocycles. The molecular formula is C10H10N2O. The van der Waals surface area contributed by atoms with Crippen molar-refractivity contribution in [3.63, 3.8) is 0 Å². The molecule has 0 amide bonds. The molecule has 0 aromatic heterocycles. The third-order valence-corrected chi connectivity index (χ3v) is 2.06. The van der Waals surface area contributed by atoms with Gasteiger partial charge < -0.3 is 4.74 Å². The maximum absolute atomic E-state index is 8.52. The van der Waals surface area contributed by atoms with Gasteiger partial charge in [0, 0.05) is 12.1 Å². The highest BCUT2D eigenvalue weighted by atomic mass is 16.5. The van der Waals surface area contributed by atoms with Gasteiger partial charge in [0.25, 0.3) is 0 Å². The average Bonchev–Trinajstić information content (AvgIpc) is 2.18. The second-order valence-electron chi connectivity index (χ2n) is 3.03. The van der Waals surface area contributed by atoms with E-state index in [1.807, 2.05) is 29.2 Å². The molecule has 0 saturated carbocycles. The number of hydrogen-bond acceptors (Lipinski definition) is 3. The van der Waals surface area contributed by atoms with Crippen molar-refractivity contribution in [2.24, 2.45) is 0 Å². The van der Waals surface area contributed by atoms with Crippen LogP contribution in [0.25, 0.3) is 0 Å². The van der Waals surface area contributed by atoms with Crippen LogP contribution in [0.5, 0.6) is 5.75 Å². The largest absolute Gasteiger partial charge is 0.478 e. The Kier molecular flexibility index (Phi) is 2.15. The maximum Gasteiger partial charge on any atom is 0.143 e. The average molecular weight is 174 g/mol. The number of benzene rings is 1. The molecule has 0 N–H and O–H groups in total. The third kappa shape index (κ3) is 1.63. The number of nitriles is 1. The van der Waals surface area contributed by atoms with E-state index in [0.717, 1.165) is 17.9 Å². The number of nitrogens with zero attached hydrogens (tertiary/aromatic N) is 2. The molecule has 0 fully saturated rings. The fraction of sp³-hybridized carbons (Fsp3) is 0.300. The summed E-state index contributed by atoms with van der Waals surface area (Å²) in [6, 6.07) is 10.0. The molecule has 0 aliphatic carbocycles. The van der Waals surface area contributed by atoms with Crippen LogP contribution in [0.4, 0.5) is 0 Å². The van der Waals surface area contributed by atoms with Gasteiger partial charge in [0.15, 0.2) is 0 Å². The van der Waals surface area contributed by atoms with Crippen LogP contribution in [0.3, 0.4) is 0 Å². The molecule has 1 aromatic carbocycles. The zero-order valence-electron chi connectivity index (χ0n) is 7.23. The number of para-hydroxylation sites is 1. The summed E-state index contributed by atoms with van der Waals surface area (Å²) in [7, 11) is 0. The summed E-state index contributed by atoms with van der Waals surface area (Å²) in [5.74, 6) is 0.941. The Morgan fingerprint density at radius 2 is 2.31 bits per heavy atom. The lowest BCUT2D eigenvalue weighted by atomic mass is 10.2. The van der Waals surface area contributed by atoms with Crippen molar-refractivity contribution < 1.29 is 4.74 Å². The van der Waals surface area contributed by atoms with Crippen LogP contribution in [0.15, 0.2) is 24.3 Å². The first-order valence-corrected chi connectivity index (χ1v) is 4.20. The molecule has 0 spiro atoms. The number of rotatable bonds is 1. The highest BCUT2D eigenvalue weighted by Gasteiger charge is 2.15. The van der Waals surface area contributed by atoms with Crippen LogP contribution in [-0.2, 0) is 6.54 Å². The molecule has 2 rings (SSSR count). The Morgan fingerprint density at radius 3 is 3.15 bits per heavy atom. The molecule has 1 aliphatic rings. The van der Waals surface area contributed by atoms with Crippen molar-refractivity contribution >= 4 is 0 Å². The lowest BCUT2D eigenvalue weighted by molar-refractivity contribution is 0.108. The molecule has 3 heteroatoms. The maximum atomic E-state index is 8.52. The fourth-order valence-corrected chi connectivity index (χ4v) is 1.42. The molecule has 0 unspecified atom stereocenters. The lowest BCUT2D eigenvalue weighted by Crippen LogP contribution is -2.32. The van der Waals surface area contributed by atoms with E-state index in [9.17, 15) is 0 Å². The van der Waals surface area contributed by atoms with Gasteiger partial charge in [-0.15, -0.1) is 0 Å². The number of hydrogen-bond donors (Lipinski definition) is 0. The van der Waals surface area contributed by atoms with Crippen LogP contribution in [-0.4, -0.2) is 18.2 Å². The van der Waals surface area contributed by atoms with Crippen LogP contribution >= 0.6 is 0 Å². The van der Waals surface area contributed by atoms with Crippen molar-refractivity contribution in [3.05, 3.63) is 29.8 Å². The standard InChI is InChI=1S/C10H10N2O/c11-5-6-12-7-9-3-1-2-4-10(9)13-8-12/h1-4H,6-8H2. The van der Waals surface area contributed by atoms with E-state index in [1.165, 1.54) is 0 Å². The Morgan fingerprint density at radius 1 is 1.46 bits per heavy atom. The third-order valence-electron chi connectivity index (χ3n) is 2.06. The molecular weight excluding hydrogens is 164 g/mol. The van der Waals surface area contributed by atoms with E-state index >= 15 is 0 Å². The van der Waals surface area contributed by atoms with E-state index in [1.54, 1.807) is 0 Å². The second kappa shape index (κ2) is 3.46. The first-order valence-electron chi connectivity index (χ1n) is 4.20. The van der Waals surface area contributed by atoms with Crippen molar-refractivity contribution in [3.8, 4) is 11.8 Å².